The minimum absolute atomic E-state index is 0.102. The van der Waals surface area contributed by atoms with Crippen LogP contribution in [-0.2, 0) is 14.8 Å². The predicted molar refractivity (Wildman–Crippen MR) is 88.0 cm³/mol. The molecule has 2 N–H and O–H groups in total. The molecule has 0 heterocycles. The van der Waals surface area contributed by atoms with Crippen LogP contribution in [0.4, 0.5) is 0 Å². The van der Waals surface area contributed by atoms with E-state index in [2.05, 4.69) is 17.0 Å². The predicted octanol–water partition coefficient (Wildman–Crippen LogP) is 2.44. The zero-order valence-electron chi connectivity index (χ0n) is 13.3. The molecule has 5 nitrogen and oxygen atoms in total. The Labute approximate surface area is 133 Å². The highest BCUT2D eigenvalue weighted by Crippen LogP contribution is 2.07. The molecule has 6 heteroatoms. The van der Waals surface area contributed by atoms with Gasteiger partial charge in [-0.25, -0.2) is 13.1 Å². The average Bonchev–Trinajstić information content (AvgIpc) is 2.48. The Kier molecular flexibility index (Phi) is 8.12. The molecule has 0 saturated heterocycles. The fraction of sp³-hybridized carbons (Fsp3) is 0.562. The monoisotopic (exact) mass is 326 g/mol. The highest BCUT2D eigenvalue weighted by atomic mass is 32.2. The van der Waals surface area contributed by atoms with Crippen molar-refractivity contribution in [2.75, 3.05) is 6.54 Å². The SMILES string of the molecule is CCCCCC(C)NC(=O)CCNS(=O)(=O)c1ccccc1. The van der Waals surface area contributed by atoms with Crippen molar-refractivity contribution in [2.24, 2.45) is 0 Å². The highest BCUT2D eigenvalue weighted by Gasteiger charge is 2.14. The topological polar surface area (TPSA) is 75.3 Å². The van der Waals surface area contributed by atoms with E-state index in [1.54, 1.807) is 18.2 Å². The van der Waals surface area contributed by atoms with E-state index in [9.17, 15) is 13.2 Å². The van der Waals surface area contributed by atoms with Gasteiger partial charge in [-0.05, 0) is 25.5 Å². The molecule has 0 bridgehead atoms. The summed E-state index contributed by atoms with van der Waals surface area (Å²) in [4.78, 5) is 12.0. The molecule has 1 atom stereocenters. The van der Waals surface area contributed by atoms with Crippen LogP contribution in [0.3, 0.4) is 0 Å². The Morgan fingerprint density at radius 2 is 1.86 bits per heavy atom. The second kappa shape index (κ2) is 9.58. The van der Waals surface area contributed by atoms with Crippen molar-refractivity contribution < 1.29 is 13.2 Å². The quantitative estimate of drug-likeness (QED) is 0.649. The summed E-state index contributed by atoms with van der Waals surface area (Å²) in [5.74, 6) is -0.125. The first-order chi connectivity index (χ1) is 10.5. The Hall–Kier alpha value is -1.40. The molecule has 1 aromatic carbocycles. The Morgan fingerprint density at radius 3 is 2.50 bits per heavy atom. The van der Waals surface area contributed by atoms with E-state index in [1.807, 2.05) is 6.92 Å². The summed E-state index contributed by atoms with van der Waals surface area (Å²) in [6.45, 7) is 4.22. The summed E-state index contributed by atoms with van der Waals surface area (Å²) < 4.78 is 26.4. The van der Waals surface area contributed by atoms with Gasteiger partial charge in [0.2, 0.25) is 15.9 Å². The van der Waals surface area contributed by atoms with Crippen LogP contribution in [0.25, 0.3) is 0 Å². The number of nitrogens with one attached hydrogen (secondary N) is 2. The van der Waals surface area contributed by atoms with Gasteiger partial charge in [-0.3, -0.25) is 4.79 Å². The lowest BCUT2D eigenvalue weighted by Crippen LogP contribution is -2.35. The summed E-state index contributed by atoms with van der Waals surface area (Å²) in [6.07, 6.45) is 4.51. The van der Waals surface area contributed by atoms with E-state index in [0.29, 0.717) is 0 Å². The van der Waals surface area contributed by atoms with Crippen LogP contribution in [0.15, 0.2) is 35.2 Å². The van der Waals surface area contributed by atoms with E-state index in [4.69, 9.17) is 0 Å². The van der Waals surface area contributed by atoms with E-state index in [0.717, 1.165) is 25.7 Å². The van der Waals surface area contributed by atoms with Crippen LogP contribution in [0.1, 0.15) is 46.0 Å². The third-order valence-electron chi connectivity index (χ3n) is 3.35. The van der Waals surface area contributed by atoms with Crippen molar-refractivity contribution in [2.45, 2.75) is 56.9 Å². The van der Waals surface area contributed by atoms with Gasteiger partial charge in [0.25, 0.3) is 0 Å². The molecule has 0 aliphatic carbocycles. The molecule has 0 aliphatic rings. The van der Waals surface area contributed by atoms with Crippen molar-refractivity contribution in [3.8, 4) is 0 Å². The maximum Gasteiger partial charge on any atom is 0.240 e. The number of hydrogen-bond donors (Lipinski definition) is 2. The molecule has 0 spiro atoms. The van der Waals surface area contributed by atoms with Crippen LogP contribution in [0.2, 0.25) is 0 Å². The third-order valence-corrected chi connectivity index (χ3v) is 4.82. The summed E-state index contributed by atoms with van der Waals surface area (Å²) in [6, 6.07) is 8.27. The van der Waals surface area contributed by atoms with E-state index < -0.39 is 10.0 Å². The number of carbonyl (C=O) groups is 1. The maximum atomic E-state index is 12.0. The first-order valence-corrected chi connectivity index (χ1v) is 9.28. The van der Waals surface area contributed by atoms with Crippen LogP contribution in [0, 0.1) is 0 Å². The number of unbranched alkanes of at least 4 members (excludes halogenated alkanes) is 2. The maximum absolute atomic E-state index is 12.0. The number of amides is 1. The number of carbonyl (C=O) groups excluding carboxylic acids is 1. The molecular formula is C16H26N2O3S. The van der Waals surface area contributed by atoms with Crippen molar-refractivity contribution in [3.05, 3.63) is 30.3 Å². The third kappa shape index (κ3) is 7.04. The molecule has 0 fully saturated rings. The second-order valence-electron chi connectivity index (χ2n) is 5.43. The van der Waals surface area contributed by atoms with E-state index >= 15 is 0 Å². The number of benzene rings is 1. The molecule has 124 valence electrons. The minimum Gasteiger partial charge on any atom is -0.354 e. The highest BCUT2D eigenvalue weighted by molar-refractivity contribution is 7.89. The summed E-state index contributed by atoms with van der Waals surface area (Å²) in [5.41, 5.74) is 0. The van der Waals surface area contributed by atoms with Gasteiger partial charge in [-0.1, -0.05) is 44.4 Å². The largest absolute Gasteiger partial charge is 0.354 e. The van der Waals surface area contributed by atoms with Crippen molar-refractivity contribution in [1.82, 2.24) is 10.0 Å². The zero-order chi connectivity index (χ0) is 16.4. The van der Waals surface area contributed by atoms with Gasteiger partial charge < -0.3 is 5.32 Å². The molecule has 0 aromatic heterocycles. The lowest BCUT2D eigenvalue weighted by atomic mass is 10.1. The van der Waals surface area contributed by atoms with Gasteiger partial charge in [-0.2, -0.15) is 0 Å². The van der Waals surface area contributed by atoms with Crippen molar-refractivity contribution in [3.63, 3.8) is 0 Å². The number of sulfonamides is 1. The lowest BCUT2D eigenvalue weighted by molar-refractivity contribution is -0.121. The lowest BCUT2D eigenvalue weighted by Gasteiger charge is -2.13. The molecule has 1 aromatic rings. The Balaban J connectivity index is 2.30. The van der Waals surface area contributed by atoms with Gasteiger partial charge in [0.05, 0.1) is 4.90 Å². The molecule has 1 rings (SSSR count). The molecule has 22 heavy (non-hydrogen) atoms. The van der Waals surface area contributed by atoms with E-state index in [-0.39, 0.29) is 29.8 Å². The zero-order valence-corrected chi connectivity index (χ0v) is 14.2. The summed E-state index contributed by atoms with van der Waals surface area (Å²) >= 11 is 0. The van der Waals surface area contributed by atoms with Gasteiger partial charge >= 0.3 is 0 Å². The van der Waals surface area contributed by atoms with Crippen LogP contribution in [-0.4, -0.2) is 26.9 Å². The Bertz CT molecular complexity index is 544. The smallest absolute Gasteiger partial charge is 0.240 e. The first-order valence-electron chi connectivity index (χ1n) is 7.79. The van der Waals surface area contributed by atoms with Gasteiger partial charge in [0, 0.05) is 19.0 Å². The van der Waals surface area contributed by atoms with Crippen LogP contribution < -0.4 is 10.0 Å². The minimum atomic E-state index is -3.53. The van der Waals surface area contributed by atoms with Crippen molar-refractivity contribution in [1.29, 1.82) is 0 Å². The molecule has 0 aliphatic heterocycles. The standard InChI is InChI=1S/C16H26N2O3S/c1-3-4-6-9-14(2)18-16(19)12-13-17-22(20,21)15-10-7-5-8-11-15/h5,7-8,10-11,14,17H,3-4,6,9,12-13H2,1-2H3,(H,18,19). The fourth-order valence-corrected chi connectivity index (χ4v) is 3.15. The van der Waals surface area contributed by atoms with Gasteiger partial charge in [-0.15, -0.1) is 0 Å². The summed E-state index contributed by atoms with van der Waals surface area (Å²) in [7, 11) is -3.53. The molecule has 1 unspecified atom stereocenters. The Morgan fingerprint density at radius 1 is 1.18 bits per heavy atom. The summed E-state index contributed by atoms with van der Waals surface area (Å²) in [5, 5.41) is 2.89. The molecule has 0 radical (unpaired) electrons. The molecule has 1 amide bonds. The van der Waals surface area contributed by atoms with Crippen molar-refractivity contribution >= 4 is 15.9 Å². The number of hydrogen-bond acceptors (Lipinski definition) is 3. The van der Waals surface area contributed by atoms with Crippen LogP contribution >= 0.6 is 0 Å². The van der Waals surface area contributed by atoms with Crippen LogP contribution in [0.5, 0.6) is 0 Å². The van der Waals surface area contributed by atoms with Gasteiger partial charge in [0.15, 0.2) is 0 Å². The van der Waals surface area contributed by atoms with Gasteiger partial charge in [0.1, 0.15) is 0 Å². The molecule has 0 saturated carbocycles. The fourth-order valence-electron chi connectivity index (χ4n) is 2.10. The number of rotatable bonds is 10. The second-order valence-corrected chi connectivity index (χ2v) is 7.19. The molecular weight excluding hydrogens is 300 g/mol. The normalized spacial score (nSPS) is 12.8. The first kappa shape index (κ1) is 18.6. The average molecular weight is 326 g/mol. The van der Waals surface area contributed by atoms with E-state index in [1.165, 1.54) is 12.1 Å².